The number of hydrogen-bond acceptors (Lipinski definition) is 4. The third kappa shape index (κ3) is 3.81. The van der Waals surface area contributed by atoms with E-state index >= 15 is 0 Å². The minimum absolute atomic E-state index is 0.0959. The fraction of sp³-hybridized carbons (Fsp3) is 0.320. The first-order valence-electron chi connectivity index (χ1n) is 10.7. The average molecular weight is 450 g/mol. The Morgan fingerprint density at radius 2 is 1.84 bits per heavy atom. The summed E-state index contributed by atoms with van der Waals surface area (Å²) in [5.41, 5.74) is 4.32. The molecule has 0 radical (unpaired) electrons. The Morgan fingerprint density at radius 1 is 1.09 bits per heavy atom. The summed E-state index contributed by atoms with van der Waals surface area (Å²) < 4.78 is 0. The lowest BCUT2D eigenvalue weighted by atomic mass is 10.0. The Labute approximate surface area is 192 Å². The number of nitrogens with zero attached hydrogens (tertiary/aromatic N) is 3. The summed E-state index contributed by atoms with van der Waals surface area (Å²) in [6.07, 6.45) is 1.85. The van der Waals surface area contributed by atoms with Crippen LogP contribution in [0.3, 0.4) is 0 Å². The second-order valence-corrected chi connectivity index (χ2v) is 9.21. The summed E-state index contributed by atoms with van der Waals surface area (Å²) in [7, 11) is 0. The number of rotatable bonds is 5. The maximum Gasteiger partial charge on any atom is 0.332 e. The highest BCUT2D eigenvalue weighted by atomic mass is 32.2. The summed E-state index contributed by atoms with van der Waals surface area (Å²) in [4.78, 5) is 44.7. The van der Waals surface area contributed by atoms with Crippen LogP contribution >= 0.6 is 11.8 Å². The second-order valence-electron chi connectivity index (χ2n) is 8.16. The minimum atomic E-state index is -0.453. The number of likely N-dealkylation sites (N-methyl/N-ethyl adjacent to an activating group) is 1. The van der Waals surface area contributed by atoms with Crippen molar-refractivity contribution in [1.82, 2.24) is 4.90 Å². The molecule has 1 fully saturated rings. The van der Waals surface area contributed by atoms with E-state index in [2.05, 4.69) is 0 Å². The van der Waals surface area contributed by atoms with Gasteiger partial charge in [0.05, 0.1) is 11.7 Å². The van der Waals surface area contributed by atoms with Crippen LogP contribution in [0.4, 0.5) is 16.2 Å². The van der Waals surface area contributed by atoms with Gasteiger partial charge < -0.3 is 9.80 Å². The number of carbonyl (C=O) groups is 3. The third-order valence-corrected chi connectivity index (χ3v) is 7.21. The molecule has 2 aliphatic heterocycles. The second kappa shape index (κ2) is 8.82. The molecule has 0 saturated carbocycles. The fourth-order valence-corrected chi connectivity index (χ4v) is 5.28. The van der Waals surface area contributed by atoms with Crippen LogP contribution in [0.1, 0.15) is 23.6 Å². The summed E-state index contributed by atoms with van der Waals surface area (Å²) >= 11 is 1.40. The van der Waals surface area contributed by atoms with E-state index in [4.69, 9.17) is 0 Å². The zero-order valence-electron chi connectivity index (χ0n) is 18.7. The largest absolute Gasteiger partial charge is 0.332 e. The molecule has 166 valence electrons. The highest BCUT2D eigenvalue weighted by molar-refractivity contribution is 8.03. The fourth-order valence-electron chi connectivity index (χ4n) is 4.24. The van der Waals surface area contributed by atoms with Crippen molar-refractivity contribution < 1.29 is 14.4 Å². The Bertz CT molecular complexity index is 1110. The van der Waals surface area contributed by atoms with Crippen molar-refractivity contribution in [2.24, 2.45) is 0 Å². The number of fused-ring (bicyclic) bond motifs is 1. The maximum atomic E-state index is 13.6. The molecule has 0 aliphatic carbocycles. The Kier molecular flexibility index (Phi) is 6.11. The Balaban J connectivity index is 1.67. The summed E-state index contributed by atoms with van der Waals surface area (Å²) in [6, 6.07) is 12.5. The quantitative estimate of drug-likeness (QED) is 0.678. The molecule has 6 nitrogen and oxygen atoms in total. The maximum absolute atomic E-state index is 13.6. The zero-order valence-corrected chi connectivity index (χ0v) is 19.6. The Hall–Kier alpha value is -3.06. The molecule has 7 heteroatoms. The highest BCUT2D eigenvalue weighted by Gasteiger charge is 2.49. The molecule has 0 spiro atoms. The smallest absolute Gasteiger partial charge is 0.311 e. The lowest BCUT2D eigenvalue weighted by molar-refractivity contribution is -0.122. The monoisotopic (exact) mass is 449 g/mol. The number of benzene rings is 2. The molecule has 0 N–H and O–H groups in total. The predicted octanol–water partition coefficient (Wildman–Crippen LogP) is 4.43. The van der Waals surface area contributed by atoms with E-state index in [0.29, 0.717) is 12.2 Å². The number of thioether (sulfide) groups is 1. The van der Waals surface area contributed by atoms with Crippen molar-refractivity contribution in [1.29, 1.82) is 0 Å². The van der Waals surface area contributed by atoms with Gasteiger partial charge in [-0.3, -0.25) is 9.59 Å². The van der Waals surface area contributed by atoms with Gasteiger partial charge in [0.15, 0.2) is 0 Å². The molecule has 2 atom stereocenters. The molecule has 2 aromatic rings. The number of carbonyl (C=O) groups excluding carboxylic acids is 3. The van der Waals surface area contributed by atoms with E-state index in [-0.39, 0.29) is 18.4 Å². The van der Waals surface area contributed by atoms with Crippen molar-refractivity contribution in [2.45, 2.75) is 39.0 Å². The number of hydrogen-bond donors (Lipinski definition) is 0. The first-order chi connectivity index (χ1) is 15.3. The van der Waals surface area contributed by atoms with E-state index in [9.17, 15) is 14.4 Å². The van der Waals surface area contributed by atoms with Gasteiger partial charge >= 0.3 is 6.03 Å². The van der Waals surface area contributed by atoms with Gasteiger partial charge in [0.25, 0.3) is 5.91 Å². The molecule has 1 saturated heterocycles. The average Bonchev–Trinajstić information content (AvgIpc) is 3.25. The van der Waals surface area contributed by atoms with Crippen LogP contribution in [0.15, 0.2) is 53.9 Å². The lowest BCUT2D eigenvalue weighted by Crippen LogP contribution is -2.63. The van der Waals surface area contributed by atoms with Gasteiger partial charge in [-0.2, -0.15) is 0 Å². The van der Waals surface area contributed by atoms with Gasteiger partial charge in [0.1, 0.15) is 11.8 Å². The predicted molar refractivity (Wildman–Crippen MR) is 129 cm³/mol. The number of aryl methyl sites for hydroxylation is 2. The standard InChI is InChI=1S/C25H27N3O3S/c1-5-26(19-10-6-8-16(2)14-19)22(29)15-27-21-12-13-32-23(21)24(30)28(25(27)31)20-11-7-9-17(3)18(20)4/h6-14,21,23H,5,15H2,1-4H3. The molecule has 0 bridgehead atoms. The van der Waals surface area contributed by atoms with Gasteiger partial charge in [-0.05, 0) is 68.0 Å². The SMILES string of the molecule is CCN(C(=O)CN1C(=O)N(c2cccc(C)c2C)C(=O)C2SC=CC21)c1cccc(C)c1. The summed E-state index contributed by atoms with van der Waals surface area (Å²) in [6.45, 7) is 8.15. The zero-order chi connectivity index (χ0) is 23.0. The molecular weight excluding hydrogens is 422 g/mol. The van der Waals surface area contributed by atoms with Gasteiger partial charge in [0.2, 0.25) is 5.91 Å². The van der Waals surface area contributed by atoms with E-state index in [1.54, 1.807) is 11.0 Å². The molecule has 4 amide bonds. The first kappa shape index (κ1) is 22.1. The summed E-state index contributed by atoms with van der Waals surface area (Å²) in [5.74, 6) is -0.413. The molecule has 4 rings (SSSR count). The number of imide groups is 1. The van der Waals surface area contributed by atoms with Gasteiger partial charge in [-0.1, -0.05) is 30.3 Å². The van der Waals surface area contributed by atoms with E-state index in [1.165, 1.54) is 21.6 Å². The summed E-state index contributed by atoms with van der Waals surface area (Å²) in [5, 5.41) is 1.40. The number of urea groups is 1. The topological polar surface area (TPSA) is 60.9 Å². The van der Waals surface area contributed by atoms with Gasteiger partial charge in [-0.15, -0.1) is 11.8 Å². The molecule has 2 aromatic carbocycles. The van der Waals surface area contributed by atoms with Crippen molar-refractivity contribution in [3.63, 3.8) is 0 Å². The number of anilines is 2. The minimum Gasteiger partial charge on any atom is -0.311 e. The number of amides is 4. The van der Waals surface area contributed by atoms with Crippen LogP contribution in [-0.2, 0) is 9.59 Å². The van der Waals surface area contributed by atoms with Crippen molar-refractivity contribution in [2.75, 3.05) is 22.9 Å². The molecule has 0 aromatic heterocycles. The molecule has 32 heavy (non-hydrogen) atoms. The van der Waals surface area contributed by atoms with Crippen LogP contribution < -0.4 is 9.80 Å². The van der Waals surface area contributed by atoms with Crippen molar-refractivity contribution >= 4 is 41.0 Å². The normalized spacial score (nSPS) is 20.0. The van der Waals surface area contributed by atoms with Gasteiger partial charge in [-0.25, -0.2) is 9.69 Å². The van der Waals surface area contributed by atoms with Crippen LogP contribution in [-0.4, -0.2) is 47.1 Å². The van der Waals surface area contributed by atoms with E-state index < -0.39 is 17.3 Å². The third-order valence-electron chi connectivity index (χ3n) is 6.12. The van der Waals surface area contributed by atoms with E-state index in [0.717, 1.165) is 22.4 Å². The molecule has 2 heterocycles. The van der Waals surface area contributed by atoms with Crippen LogP contribution in [0, 0.1) is 20.8 Å². The van der Waals surface area contributed by atoms with Crippen LogP contribution in [0.2, 0.25) is 0 Å². The first-order valence-corrected chi connectivity index (χ1v) is 11.7. The lowest BCUT2D eigenvalue weighted by Gasteiger charge is -2.42. The molecular formula is C25H27N3O3S. The molecule has 2 unspecified atom stereocenters. The van der Waals surface area contributed by atoms with Crippen LogP contribution in [0.25, 0.3) is 0 Å². The van der Waals surface area contributed by atoms with Crippen molar-refractivity contribution in [3.05, 3.63) is 70.6 Å². The Morgan fingerprint density at radius 3 is 2.56 bits per heavy atom. The van der Waals surface area contributed by atoms with E-state index in [1.807, 2.05) is 75.6 Å². The molecule has 2 aliphatic rings. The van der Waals surface area contributed by atoms with Crippen LogP contribution in [0.5, 0.6) is 0 Å². The highest BCUT2D eigenvalue weighted by Crippen LogP contribution is 2.37. The van der Waals surface area contributed by atoms with Crippen molar-refractivity contribution in [3.8, 4) is 0 Å². The van der Waals surface area contributed by atoms with Gasteiger partial charge in [0, 0.05) is 12.2 Å².